The van der Waals surface area contributed by atoms with Gasteiger partial charge >= 0.3 is 0 Å². The molecule has 4 heteroatoms. The minimum absolute atomic E-state index is 0.574. The molecule has 0 saturated heterocycles. The van der Waals surface area contributed by atoms with Crippen molar-refractivity contribution < 1.29 is 8.53 Å². The highest BCUT2D eigenvalue weighted by Crippen LogP contribution is 2.38. The van der Waals surface area contributed by atoms with Gasteiger partial charge in [0.05, 0.1) is 5.69 Å². The average Bonchev–Trinajstić information content (AvgIpc) is 3.10. The van der Waals surface area contributed by atoms with Crippen LogP contribution in [0.5, 0.6) is 0 Å². The van der Waals surface area contributed by atoms with Gasteiger partial charge in [-0.2, -0.15) is 0 Å². The van der Waals surface area contributed by atoms with Crippen LogP contribution in [0.4, 0.5) is 5.69 Å². The SMILES string of the molecule is [2H]C([2H])([2H])N1[CH]N(c2c(C)ccc3c2oc2ncccc23)C=C1. The first-order chi connectivity index (χ1) is 10.9. The predicted molar refractivity (Wildman–Crippen MR) is 79.9 cm³/mol. The zero-order valence-corrected chi connectivity index (χ0v) is 10.9. The molecule has 2 aromatic heterocycles. The summed E-state index contributed by atoms with van der Waals surface area (Å²) in [5.41, 5.74) is 3.09. The molecule has 0 bridgehead atoms. The fourth-order valence-corrected chi connectivity index (χ4v) is 2.57. The lowest BCUT2D eigenvalue weighted by molar-refractivity contribution is 0.573. The van der Waals surface area contributed by atoms with Crippen LogP contribution in [0, 0.1) is 13.6 Å². The molecule has 99 valence electrons. The van der Waals surface area contributed by atoms with E-state index in [1.807, 2.05) is 31.2 Å². The summed E-state index contributed by atoms with van der Waals surface area (Å²) in [6.45, 7) is 1.31. The Morgan fingerprint density at radius 2 is 2.15 bits per heavy atom. The van der Waals surface area contributed by atoms with Gasteiger partial charge in [-0.25, -0.2) is 4.98 Å². The van der Waals surface area contributed by atoms with E-state index in [2.05, 4.69) is 4.98 Å². The van der Waals surface area contributed by atoms with Crippen LogP contribution >= 0.6 is 0 Å². The molecule has 4 rings (SSSR count). The van der Waals surface area contributed by atoms with Gasteiger partial charge in [0.15, 0.2) is 5.58 Å². The molecule has 0 unspecified atom stereocenters. The smallest absolute Gasteiger partial charge is 0.227 e. The van der Waals surface area contributed by atoms with Gasteiger partial charge in [-0.05, 0) is 24.6 Å². The molecule has 0 saturated carbocycles. The van der Waals surface area contributed by atoms with E-state index in [1.54, 1.807) is 24.0 Å². The van der Waals surface area contributed by atoms with E-state index in [0.29, 0.717) is 11.3 Å². The zero-order chi connectivity index (χ0) is 16.2. The number of anilines is 1. The third-order valence-corrected chi connectivity index (χ3v) is 3.49. The minimum atomic E-state index is -2.21. The highest BCUT2D eigenvalue weighted by molar-refractivity contribution is 6.08. The highest BCUT2D eigenvalue weighted by atomic mass is 16.3. The summed E-state index contributed by atoms with van der Waals surface area (Å²) in [7, 11) is 0. The molecule has 0 N–H and O–H groups in total. The monoisotopic (exact) mass is 267 g/mol. The number of aromatic nitrogens is 1. The number of fused-ring (bicyclic) bond motifs is 3. The van der Waals surface area contributed by atoms with E-state index in [0.717, 1.165) is 22.0 Å². The highest BCUT2D eigenvalue weighted by Gasteiger charge is 2.20. The summed E-state index contributed by atoms with van der Waals surface area (Å²) in [5, 5.41) is 1.91. The second-order valence-corrected chi connectivity index (χ2v) is 4.79. The Morgan fingerprint density at radius 1 is 1.20 bits per heavy atom. The topological polar surface area (TPSA) is 32.5 Å². The van der Waals surface area contributed by atoms with Crippen molar-refractivity contribution in [1.82, 2.24) is 9.88 Å². The van der Waals surface area contributed by atoms with Crippen LogP contribution < -0.4 is 4.90 Å². The number of benzene rings is 1. The third-order valence-electron chi connectivity index (χ3n) is 3.49. The summed E-state index contributed by atoms with van der Waals surface area (Å²) in [6, 6.07) is 7.84. The van der Waals surface area contributed by atoms with Gasteiger partial charge in [0.1, 0.15) is 6.67 Å². The Balaban J connectivity index is 1.87. The van der Waals surface area contributed by atoms with Crippen molar-refractivity contribution in [2.45, 2.75) is 6.92 Å². The molecule has 1 aromatic carbocycles. The lowest BCUT2D eigenvalue weighted by Crippen LogP contribution is -2.16. The molecule has 1 aliphatic heterocycles. The molecule has 0 fully saturated rings. The number of furan rings is 1. The first kappa shape index (κ1) is 8.64. The van der Waals surface area contributed by atoms with Gasteiger partial charge in [0.25, 0.3) is 0 Å². The van der Waals surface area contributed by atoms with Gasteiger partial charge in [-0.1, -0.05) is 12.1 Å². The van der Waals surface area contributed by atoms with E-state index < -0.39 is 6.98 Å². The zero-order valence-electron chi connectivity index (χ0n) is 13.9. The van der Waals surface area contributed by atoms with Crippen molar-refractivity contribution in [2.24, 2.45) is 0 Å². The Morgan fingerprint density at radius 3 is 3.00 bits per heavy atom. The second-order valence-electron chi connectivity index (χ2n) is 4.79. The van der Waals surface area contributed by atoms with Crippen LogP contribution in [0.15, 0.2) is 47.3 Å². The normalized spacial score (nSPS) is 17.8. The predicted octanol–water partition coefficient (Wildman–Crippen LogP) is 3.63. The summed E-state index contributed by atoms with van der Waals surface area (Å²) < 4.78 is 28.4. The van der Waals surface area contributed by atoms with Gasteiger partial charge in [0.2, 0.25) is 5.71 Å². The van der Waals surface area contributed by atoms with Crippen molar-refractivity contribution in [2.75, 3.05) is 11.9 Å². The van der Waals surface area contributed by atoms with E-state index in [-0.39, 0.29) is 0 Å². The fraction of sp³-hybridized carbons (Fsp3) is 0.125. The molecule has 1 radical (unpaired) electrons. The van der Waals surface area contributed by atoms with Crippen molar-refractivity contribution in [1.29, 1.82) is 0 Å². The fourth-order valence-electron chi connectivity index (χ4n) is 2.57. The molecular formula is C16H14N3O. The van der Waals surface area contributed by atoms with E-state index >= 15 is 0 Å². The van der Waals surface area contributed by atoms with Crippen LogP contribution in [0.2, 0.25) is 0 Å². The van der Waals surface area contributed by atoms with Gasteiger partial charge in [-0.3, -0.25) is 0 Å². The number of nitrogens with zero attached hydrogens (tertiary/aromatic N) is 3. The lowest BCUT2D eigenvalue weighted by Gasteiger charge is -2.19. The second kappa shape index (κ2) is 4.00. The number of aryl methyl sites for hydroxylation is 1. The van der Waals surface area contributed by atoms with Crippen LogP contribution in [0.25, 0.3) is 22.1 Å². The summed E-state index contributed by atoms with van der Waals surface area (Å²) in [5.74, 6) is 0. The molecular weight excluding hydrogens is 250 g/mol. The number of pyridine rings is 1. The number of hydrogen-bond donors (Lipinski definition) is 0. The first-order valence-corrected chi connectivity index (χ1v) is 6.32. The number of hydrogen-bond acceptors (Lipinski definition) is 4. The first-order valence-electron chi connectivity index (χ1n) is 7.82. The van der Waals surface area contributed by atoms with Crippen molar-refractivity contribution in [3.05, 3.63) is 55.1 Å². The van der Waals surface area contributed by atoms with Gasteiger partial charge < -0.3 is 14.2 Å². The average molecular weight is 267 g/mol. The molecule has 0 spiro atoms. The molecule has 0 aliphatic carbocycles. The molecule has 4 nitrogen and oxygen atoms in total. The van der Waals surface area contributed by atoms with Crippen LogP contribution in [-0.4, -0.2) is 16.9 Å². The minimum Gasteiger partial charge on any atom is -0.435 e. The summed E-state index contributed by atoms with van der Waals surface area (Å²) in [6.07, 6.45) is 4.94. The van der Waals surface area contributed by atoms with Crippen molar-refractivity contribution >= 4 is 27.8 Å². The summed E-state index contributed by atoms with van der Waals surface area (Å²) >= 11 is 0. The summed E-state index contributed by atoms with van der Waals surface area (Å²) in [4.78, 5) is 7.23. The standard InChI is InChI=1S/C16H14N3O/c1-11-5-6-12-13-4-3-7-17-16(13)20-15(12)14(11)19-9-8-18(2)10-19/h3-10H,1-2H3/i2D3. The molecule has 0 amide bonds. The van der Waals surface area contributed by atoms with E-state index in [1.165, 1.54) is 11.1 Å². The van der Waals surface area contributed by atoms with Crippen molar-refractivity contribution in [3.63, 3.8) is 0 Å². The maximum atomic E-state index is 7.50. The maximum Gasteiger partial charge on any atom is 0.227 e. The Bertz CT molecular complexity index is 929. The number of rotatable bonds is 1. The Kier molecular flexibility index (Phi) is 1.73. The van der Waals surface area contributed by atoms with Gasteiger partial charge in [0, 0.05) is 40.5 Å². The lowest BCUT2D eigenvalue weighted by atomic mass is 10.1. The molecule has 3 aromatic rings. The van der Waals surface area contributed by atoms with E-state index in [9.17, 15) is 0 Å². The van der Waals surface area contributed by atoms with E-state index in [4.69, 9.17) is 8.53 Å². The molecule has 0 atom stereocenters. The Labute approximate surface area is 121 Å². The van der Waals surface area contributed by atoms with Gasteiger partial charge in [-0.15, -0.1) is 0 Å². The van der Waals surface area contributed by atoms with Crippen LogP contribution in [-0.2, 0) is 0 Å². The Hall–Kier alpha value is -2.49. The third kappa shape index (κ3) is 1.51. The van der Waals surface area contributed by atoms with Crippen molar-refractivity contribution in [3.8, 4) is 0 Å². The van der Waals surface area contributed by atoms with Crippen LogP contribution in [0.3, 0.4) is 0 Å². The molecule has 3 heterocycles. The largest absolute Gasteiger partial charge is 0.435 e. The molecule has 20 heavy (non-hydrogen) atoms. The van der Waals surface area contributed by atoms with Crippen LogP contribution in [0.1, 0.15) is 9.68 Å². The molecule has 1 aliphatic rings. The maximum absolute atomic E-state index is 7.50. The quantitative estimate of drug-likeness (QED) is 0.674.